The summed E-state index contributed by atoms with van der Waals surface area (Å²) in [6.45, 7) is 6.57. The lowest BCUT2D eigenvalue weighted by atomic mass is 9.99. The molecule has 2 rings (SSSR count). The lowest BCUT2D eigenvalue weighted by Gasteiger charge is -2.14. The minimum absolute atomic E-state index is 0.131. The molecule has 1 aromatic carbocycles. The molecule has 0 amide bonds. The minimum Gasteiger partial charge on any atom is -0.408 e. The van der Waals surface area contributed by atoms with Crippen LogP contribution >= 0.6 is 0 Å². The van der Waals surface area contributed by atoms with Crippen LogP contribution in [0, 0.1) is 5.92 Å². The third kappa shape index (κ3) is 2.20. The van der Waals surface area contributed by atoms with E-state index in [9.17, 15) is 9.90 Å². The quantitative estimate of drug-likeness (QED) is 0.906. The smallest absolute Gasteiger partial charge is 0.408 e. The number of rotatable bonds is 4. The lowest BCUT2D eigenvalue weighted by molar-refractivity contribution is 0.127. The highest BCUT2D eigenvalue weighted by atomic mass is 16.4. The first kappa shape index (κ1) is 12.9. The van der Waals surface area contributed by atoms with Crippen molar-refractivity contribution in [1.29, 1.82) is 0 Å². The van der Waals surface area contributed by atoms with Crippen LogP contribution in [0.25, 0.3) is 11.1 Å². The van der Waals surface area contributed by atoms with E-state index in [1.807, 2.05) is 32.9 Å². The summed E-state index contributed by atoms with van der Waals surface area (Å²) in [6.07, 6.45) is 0.347. The van der Waals surface area contributed by atoms with Crippen molar-refractivity contribution < 1.29 is 9.52 Å². The summed E-state index contributed by atoms with van der Waals surface area (Å²) in [5, 5.41) is 10.0. The first-order valence-electron chi connectivity index (χ1n) is 6.36. The van der Waals surface area contributed by atoms with Crippen LogP contribution in [-0.4, -0.2) is 9.67 Å². The van der Waals surface area contributed by atoms with E-state index >= 15 is 0 Å². The van der Waals surface area contributed by atoms with Gasteiger partial charge in [-0.15, -0.1) is 0 Å². The van der Waals surface area contributed by atoms with E-state index in [0.29, 0.717) is 12.1 Å². The molecule has 1 heterocycles. The highest BCUT2D eigenvalue weighted by Crippen LogP contribution is 2.24. The number of aromatic nitrogens is 1. The summed E-state index contributed by atoms with van der Waals surface area (Å²) in [6, 6.07) is 5.46. The summed E-state index contributed by atoms with van der Waals surface area (Å²) in [5.74, 6) is -0.199. The molecule has 2 aromatic rings. The normalized spacial score (nSPS) is 13.4. The second-order valence-electron chi connectivity index (χ2n) is 4.94. The van der Waals surface area contributed by atoms with E-state index in [4.69, 9.17) is 4.42 Å². The van der Waals surface area contributed by atoms with Crippen molar-refractivity contribution in [3.05, 3.63) is 34.3 Å². The van der Waals surface area contributed by atoms with Gasteiger partial charge >= 0.3 is 5.76 Å². The second kappa shape index (κ2) is 4.98. The van der Waals surface area contributed by atoms with E-state index in [1.54, 1.807) is 10.6 Å². The topological polar surface area (TPSA) is 55.4 Å². The predicted molar refractivity (Wildman–Crippen MR) is 70.6 cm³/mol. The number of aliphatic hydroxyl groups excluding tert-OH is 1. The molecule has 0 bridgehead atoms. The predicted octanol–water partition coefficient (Wildman–Crippen LogP) is 2.69. The number of hydrogen-bond acceptors (Lipinski definition) is 3. The molecule has 4 heteroatoms. The van der Waals surface area contributed by atoms with Gasteiger partial charge in [0.15, 0.2) is 5.58 Å². The van der Waals surface area contributed by atoms with Crippen molar-refractivity contribution in [1.82, 2.24) is 4.57 Å². The van der Waals surface area contributed by atoms with Crippen molar-refractivity contribution in [2.24, 2.45) is 5.92 Å². The van der Waals surface area contributed by atoms with Gasteiger partial charge in [-0.25, -0.2) is 4.79 Å². The van der Waals surface area contributed by atoms with Gasteiger partial charge in [0.05, 0.1) is 11.6 Å². The van der Waals surface area contributed by atoms with Gasteiger partial charge in [-0.05, 0) is 30.0 Å². The summed E-state index contributed by atoms with van der Waals surface area (Å²) >= 11 is 0. The van der Waals surface area contributed by atoms with Crippen LogP contribution in [-0.2, 0) is 6.54 Å². The summed E-state index contributed by atoms with van der Waals surface area (Å²) in [5.41, 5.74) is 2.13. The number of aliphatic hydroxyl groups is 1. The third-order valence-electron chi connectivity index (χ3n) is 3.11. The van der Waals surface area contributed by atoms with Crippen LogP contribution in [0.15, 0.2) is 27.4 Å². The molecule has 1 unspecified atom stereocenters. The molecule has 0 saturated carbocycles. The number of benzene rings is 1. The van der Waals surface area contributed by atoms with Crippen molar-refractivity contribution in [3.8, 4) is 0 Å². The number of aryl methyl sites for hydroxylation is 1. The van der Waals surface area contributed by atoms with Gasteiger partial charge in [0, 0.05) is 6.54 Å². The molecule has 0 saturated heterocycles. The Labute approximate surface area is 106 Å². The Balaban J connectivity index is 2.51. The van der Waals surface area contributed by atoms with Gasteiger partial charge in [0.2, 0.25) is 0 Å². The zero-order valence-electron chi connectivity index (χ0n) is 11.0. The Morgan fingerprint density at radius 1 is 1.39 bits per heavy atom. The molecular weight excluding hydrogens is 230 g/mol. The van der Waals surface area contributed by atoms with Gasteiger partial charge in [-0.3, -0.25) is 4.57 Å². The van der Waals surface area contributed by atoms with Crippen LogP contribution in [0.3, 0.4) is 0 Å². The maximum Gasteiger partial charge on any atom is 0.419 e. The maximum atomic E-state index is 11.7. The van der Waals surface area contributed by atoms with E-state index in [-0.39, 0.29) is 11.7 Å². The van der Waals surface area contributed by atoms with Gasteiger partial charge < -0.3 is 9.52 Å². The molecule has 0 aliphatic carbocycles. The molecule has 4 nitrogen and oxygen atoms in total. The largest absolute Gasteiger partial charge is 0.419 e. The van der Waals surface area contributed by atoms with Gasteiger partial charge in [0.25, 0.3) is 0 Å². The van der Waals surface area contributed by atoms with E-state index in [1.165, 1.54) is 0 Å². The number of nitrogens with zero attached hydrogens (tertiary/aromatic N) is 1. The van der Waals surface area contributed by atoms with Crippen LogP contribution in [0.2, 0.25) is 0 Å². The van der Waals surface area contributed by atoms with E-state index in [2.05, 4.69) is 0 Å². The first-order valence-corrected chi connectivity index (χ1v) is 6.36. The Hall–Kier alpha value is -1.55. The van der Waals surface area contributed by atoms with Crippen LogP contribution in [0.1, 0.15) is 38.9 Å². The van der Waals surface area contributed by atoms with Crippen molar-refractivity contribution >= 4 is 11.1 Å². The maximum absolute atomic E-state index is 11.7. The van der Waals surface area contributed by atoms with Crippen molar-refractivity contribution in [2.45, 2.75) is 39.8 Å². The summed E-state index contributed by atoms with van der Waals surface area (Å²) < 4.78 is 6.84. The Bertz CT molecular complexity index is 595. The molecule has 1 N–H and O–H groups in total. The van der Waals surface area contributed by atoms with Crippen LogP contribution in [0.4, 0.5) is 0 Å². The highest BCUT2D eigenvalue weighted by molar-refractivity contribution is 5.73. The lowest BCUT2D eigenvalue weighted by Crippen LogP contribution is -2.13. The fourth-order valence-electron chi connectivity index (χ4n) is 2.09. The average molecular weight is 249 g/mol. The molecular formula is C14H19NO3. The van der Waals surface area contributed by atoms with Crippen molar-refractivity contribution in [2.75, 3.05) is 0 Å². The fourth-order valence-corrected chi connectivity index (χ4v) is 2.09. The fraction of sp³-hybridized carbons (Fsp3) is 0.500. The number of hydrogen-bond donors (Lipinski definition) is 1. The molecule has 0 radical (unpaired) electrons. The van der Waals surface area contributed by atoms with Crippen molar-refractivity contribution in [3.63, 3.8) is 0 Å². The van der Waals surface area contributed by atoms with Crippen LogP contribution in [0.5, 0.6) is 0 Å². The molecule has 98 valence electrons. The third-order valence-corrected chi connectivity index (χ3v) is 3.11. The molecule has 0 aliphatic rings. The Morgan fingerprint density at radius 3 is 2.72 bits per heavy atom. The molecule has 18 heavy (non-hydrogen) atoms. The average Bonchev–Trinajstić information content (AvgIpc) is 2.64. The summed E-state index contributed by atoms with van der Waals surface area (Å²) in [4.78, 5) is 11.7. The monoisotopic (exact) mass is 249 g/mol. The molecule has 0 fully saturated rings. The van der Waals surface area contributed by atoms with Gasteiger partial charge in [-0.2, -0.15) is 0 Å². The Kier molecular flexibility index (Phi) is 3.57. The zero-order chi connectivity index (χ0) is 13.3. The summed E-state index contributed by atoms with van der Waals surface area (Å²) in [7, 11) is 0. The first-order chi connectivity index (χ1) is 8.54. The Morgan fingerprint density at radius 2 is 2.11 bits per heavy atom. The molecule has 0 spiro atoms. The molecule has 1 atom stereocenters. The van der Waals surface area contributed by atoms with Gasteiger partial charge in [-0.1, -0.05) is 26.8 Å². The number of fused-ring (bicyclic) bond motifs is 1. The molecule has 0 aliphatic heterocycles. The highest BCUT2D eigenvalue weighted by Gasteiger charge is 2.15. The minimum atomic E-state index is -0.533. The van der Waals surface area contributed by atoms with Crippen LogP contribution < -0.4 is 5.76 Å². The van der Waals surface area contributed by atoms with E-state index in [0.717, 1.165) is 17.5 Å². The second-order valence-corrected chi connectivity index (χ2v) is 4.94. The molecule has 1 aromatic heterocycles. The zero-order valence-corrected chi connectivity index (χ0v) is 11.0. The number of oxazole rings is 1. The van der Waals surface area contributed by atoms with Gasteiger partial charge in [0.1, 0.15) is 0 Å². The van der Waals surface area contributed by atoms with E-state index < -0.39 is 6.10 Å². The standard InChI is InChI=1S/C14H19NO3/c1-4-7-15-11-6-5-10(13(16)9(2)3)8-12(11)18-14(15)17/h5-6,8-9,13,16H,4,7H2,1-3H3. The SMILES string of the molecule is CCCn1c(=O)oc2cc(C(O)C(C)C)ccc21.